The van der Waals surface area contributed by atoms with Crippen molar-refractivity contribution in [3.05, 3.63) is 65.5 Å². The first-order valence-electron chi connectivity index (χ1n) is 11.9. The van der Waals surface area contributed by atoms with Gasteiger partial charge in [-0.05, 0) is 42.5 Å². The summed E-state index contributed by atoms with van der Waals surface area (Å²) in [5, 5.41) is 14.6. The minimum absolute atomic E-state index is 0.0179. The maximum atomic E-state index is 13.7. The number of carbonyl (C=O) groups excluding carboxylic acids is 1. The van der Waals surface area contributed by atoms with Crippen molar-refractivity contribution in [3.63, 3.8) is 0 Å². The molecular formula is C26H31FN2O4. The summed E-state index contributed by atoms with van der Waals surface area (Å²) in [6.45, 7) is 2.72. The Labute approximate surface area is 193 Å². The van der Waals surface area contributed by atoms with Gasteiger partial charge in [-0.1, -0.05) is 30.3 Å². The van der Waals surface area contributed by atoms with Crippen molar-refractivity contribution in [1.82, 2.24) is 10.2 Å². The number of amides is 1. The van der Waals surface area contributed by atoms with Gasteiger partial charge in [0.15, 0.2) is 0 Å². The zero-order chi connectivity index (χ0) is 22.8. The van der Waals surface area contributed by atoms with Gasteiger partial charge in [0.2, 0.25) is 5.91 Å². The Morgan fingerprint density at radius 1 is 1.12 bits per heavy atom. The molecule has 2 heterocycles. The fourth-order valence-electron chi connectivity index (χ4n) is 5.47. The smallest absolute Gasteiger partial charge is 0.223 e. The van der Waals surface area contributed by atoms with E-state index in [4.69, 9.17) is 9.47 Å². The first-order valence-corrected chi connectivity index (χ1v) is 11.9. The number of hydrogen-bond donors (Lipinski definition) is 2. The highest BCUT2D eigenvalue weighted by Gasteiger charge is 2.48. The highest BCUT2D eigenvalue weighted by Crippen LogP contribution is 2.33. The Hall–Kier alpha value is -2.48. The maximum Gasteiger partial charge on any atom is 0.223 e. The Kier molecular flexibility index (Phi) is 6.62. The van der Waals surface area contributed by atoms with E-state index >= 15 is 0 Å². The van der Waals surface area contributed by atoms with Gasteiger partial charge in [-0.2, -0.15) is 0 Å². The van der Waals surface area contributed by atoms with Crippen LogP contribution in [0.1, 0.15) is 30.4 Å². The molecule has 4 atom stereocenters. The predicted octanol–water partition coefficient (Wildman–Crippen LogP) is 2.68. The van der Waals surface area contributed by atoms with Gasteiger partial charge in [-0.3, -0.25) is 9.69 Å². The fourth-order valence-corrected chi connectivity index (χ4v) is 5.47. The zero-order valence-corrected chi connectivity index (χ0v) is 18.7. The lowest BCUT2D eigenvalue weighted by molar-refractivity contribution is -0.129. The van der Waals surface area contributed by atoms with Crippen LogP contribution in [0.2, 0.25) is 0 Å². The summed E-state index contributed by atoms with van der Waals surface area (Å²) in [5.74, 6) is -0.0436. The summed E-state index contributed by atoms with van der Waals surface area (Å²) >= 11 is 0. The zero-order valence-electron chi connectivity index (χ0n) is 18.7. The fraction of sp³-hybridized carbons (Fsp3) is 0.500. The summed E-state index contributed by atoms with van der Waals surface area (Å²) < 4.78 is 25.1. The summed E-state index contributed by atoms with van der Waals surface area (Å²) in [4.78, 5) is 15.3. The van der Waals surface area contributed by atoms with E-state index in [9.17, 15) is 14.3 Å². The average Bonchev–Trinajstić information content (AvgIpc) is 3.13. The molecule has 1 amide bonds. The van der Waals surface area contributed by atoms with Crippen LogP contribution in [0.4, 0.5) is 4.39 Å². The molecule has 2 fully saturated rings. The van der Waals surface area contributed by atoms with Crippen LogP contribution in [0.25, 0.3) is 0 Å². The first-order chi connectivity index (χ1) is 16.1. The third-order valence-corrected chi connectivity index (χ3v) is 7.21. The molecule has 176 valence electrons. The summed E-state index contributed by atoms with van der Waals surface area (Å²) in [6.07, 6.45) is 1.45. The van der Waals surface area contributed by atoms with Crippen LogP contribution in [0.3, 0.4) is 0 Å². The van der Waals surface area contributed by atoms with Crippen molar-refractivity contribution in [3.8, 4) is 5.75 Å². The molecule has 0 aromatic heterocycles. The number of nitrogens with one attached hydrogen (secondary N) is 1. The van der Waals surface area contributed by atoms with Gasteiger partial charge >= 0.3 is 0 Å². The molecule has 7 heteroatoms. The molecule has 1 aliphatic carbocycles. The molecule has 6 nitrogen and oxygen atoms in total. The van der Waals surface area contributed by atoms with Crippen molar-refractivity contribution < 1.29 is 23.8 Å². The quantitative estimate of drug-likeness (QED) is 0.727. The van der Waals surface area contributed by atoms with Crippen LogP contribution in [0.5, 0.6) is 5.75 Å². The van der Waals surface area contributed by atoms with Crippen molar-refractivity contribution in [1.29, 1.82) is 0 Å². The van der Waals surface area contributed by atoms with Gasteiger partial charge in [0.25, 0.3) is 0 Å². The normalized spacial score (nSPS) is 28.3. The van der Waals surface area contributed by atoms with E-state index < -0.39 is 12.2 Å². The maximum absolute atomic E-state index is 13.7. The number of rotatable bonds is 5. The van der Waals surface area contributed by atoms with Crippen molar-refractivity contribution in [2.75, 3.05) is 19.8 Å². The third-order valence-electron chi connectivity index (χ3n) is 7.21. The second-order valence-corrected chi connectivity index (χ2v) is 9.32. The molecule has 2 aromatic rings. The molecule has 0 radical (unpaired) electrons. The van der Waals surface area contributed by atoms with E-state index in [-0.39, 0.29) is 29.7 Å². The highest BCUT2D eigenvalue weighted by molar-refractivity contribution is 5.79. The molecule has 3 aliphatic rings. The van der Waals surface area contributed by atoms with E-state index in [0.717, 1.165) is 13.0 Å². The molecule has 0 unspecified atom stereocenters. The number of fused-ring (bicyclic) bond motifs is 1. The minimum Gasteiger partial charge on any atom is -0.487 e. The second-order valence-electron chi connectivity index (χ2n) is 9.32. The highest BCUT2D eigenvalue weighted by atomic mass is 19.1. The van der Waals surface area contributed by atoms with Gasteiger partial charge in [-0.15, -0.1) is 0 Å². The van der Waals surface area contributed by atoms with Crippen molar-refractivity contribution in [2.24, 2.45) is 5.92 Å². The molecule has 0 bridgehead atoms. The van der Waals surface area contributed by atoms with Gasteiger partial charge in [0.1, 0.15) is 23.8 Å². The molecule has 1 saturated heterocycles. The lowest BCUT2D eigenvalue weighted by Gasteiger charge is -2.38. The number of benzene rings is 2. The number of halogens is 1. The molecule has 2 aromatic carbocycles. The number of nitrogens with zero attached hydrogens (tertiary/aromatic N) is 1. The Morgan fingerprint density at radius 3 is 2.70 bits per heavy atom. The Morgan fingerprint density at radius 2 is 1.91 bits per heavy atom. The number of aliphatic hydroxyl groups excluding tert-OH is 1. The molecular weight excluding hydrogens is 423 g/mol. The number of hydrogen-bond acceptors (Lipinski definition) is 5. The minimum atomic E-state index is -0.807. The van der Waals surface area contributed by atoms with Crippen LogP contribution in [-0.4, -0.2) is 60.0 Å². The van der Waals surface area contributed by atoms with Crippen molar-refractivity contribution in [2.45, 2.75) is 56.5 Å². The predicted molar refractivity (Wildman–Crippen MR) is 121 cm³/mol. The first kappa shape index (κ1) is 22.3. The van der Waals surface area contributed by atoms with Gasteiger partial charge in [0.05, 0.1) is 12.1 Å². The van der Waals surface area contributed by atoms with E-state index in [1.807, 2.05) is 6.07 Å². The molecule has 1 saturated carbocycles. The van der Waals surface area contributed by atoms with E-state index in [1.165, 1.54) is 23.3 Å². The monoisotopic (exact) mass is 454 g/mol. The molecule has 33 heavy (non-hydrogen) atoms. The van der Waals surface area contributed by atoms with Gasteiger partial charge in [0, 0.05) is 44.7 Å². The summed E-state index contributed by atoms with van der Waals surface area (Å²) in [5.41, 5.74) is 2.58. The molecule has 0 spiro atoms. The van der Waals surface area contributed by atoms with Crippen molar-refractivity contribution >= 4 is 5.91 Å². The lowest BCUT2D eigenvalue weighted by Crippen LogP contribution is -2.55. The second kappa shape index (κ2) is 9.79. The van der Waals surface area contributed by atoms with Crippen LogP contribution in [0.15, 0.2) is 48.5 Å². The van der Waals surface area contributed by atoms with Crippen LogP contribution >= 0.6 is 0 Å². The molecule has 2 N–H and O–H groups in total. The van der Waals surface area contributed by atoms with E-state index in [1.54, 1.807) is 12.1 Å². The Bertz CT molecular complexity index is 980. The SMILES string of the molecule is O=C(N[C@@H]1C[C@@H](Oc2cccc(F)c2)[C@H](O)[C@H]1N1CCc2ccccc2C1)C1CCOCC1. The third kappa shape index (κ3) is 4.90. The molecule has 2 aliphatic heterocycles. The Balaban J connectivity index is 1.35. The van der Waals surface area contributed by atoms with Crippen LogP contribution in [-0.2, 0) is 22.5 Å². The van der Waals surface area contributed by atoms with E-state index in [2.05, 4.69) is 28.4 Å². The molecule has 5 rings (SSSR count). The van der Waals surface area contributed by atoms with Crippen LogP contribution in [0, 0.1) is 11.7 Å². The van der Waals surface area contributed by atoms with E-state index in [0.29, 0.717) is 44.8 Å². The standard InChI is InChI=1S/C26H31FN2O4/c27-20-6-3-7-21(14-20)33-23-15-22(28-26(31)18-9-12-32-13-10-18)24(25(23)30)29-11-8-17-4-1-2-5-19(17)16-29/h1-7,14,18,22-25,30H,8-13,15-16H2,(H,28,31)/t22-,23-,24+,25+/m1/s1. The average molecular weight is 455 g/mol. The number of carbonyl (C=O) groups is 1. The van der Waals surface area contributed by atoms with Gasteiger partial charge in [-0.25, -0.2) is 4.39 Å². The van der Waals surface area contributed by atoms with Gasteiger partial charge < -0.3 is 19.9 Å². The number of ether oxygens (including phenoxy) is 2. The van der Waals surface area contributed by atoms with Crippen LogP contribution < -0.4 is 10.1 Å². The summed E-state index contributed by atoms with van der Waals surface area (Å²) in [6, 6.07) is 13.8. The largest absolute Gasteiger partial charge is 0.487 e. The lowest BCUT2D eigenvalue weighted by atomic mass is 9.96. The summed E-state index contributed by atoms with van der Waals surface area (Å²) in [7, 11) is 0. The topological polar surface area (TPSA) is 71.0 Å². The number of aliphatic hydroxyl groups is 1.